The van der Waals surface area contributed by atoms with Crippen LogP contribution >= 0.6 is 0 Å². The van der Waals surface area contributed by atoms with Gasteiger partial charge in [0.25, 0.3) is 5.56 Å². The fraction of sp³-hybridized carbons (Fsp3) is 0.471. The topological polar surface area (TPSA) is 37.8 Å². The van der Waals surface area contributed by atoms with Crippen LogP contribution in [0.2, 0.25) is 0 Å². The van der Waals surface area contributed by atoms with Crippen molar-refractivity contribution in [1.82, 2.24) is 9.78 Å². The van der Waals surface area contributed by atoms with Crippen LogP contribution < -0.4 is 5.56 Å². The summed E-state index contributed by atoms with van der Waals surface area (Å²) in [5.41, 5.74) is 4.06. The van der Waals surface area contributed by atoms with Crippen LogP contribution in [0.4, 0.5) is 0 Å². The van der Waals surface area contributed by atoms with E-state index in [0.29, 0.717) is 0 Å². The predicted molar refractivity (Wildman–Crippen MR) is 84.2 cm³/mol. The molecule has 0 radical (unpaired) electrons. The molecule has 1 aromatic heterocycles. The van der Waals surface area contributed by atoms with E-state index in [4.69, 9.17) is 0 Å². The lowest BCUT2D eigenvalue weighted by atomic mass is 9.85. The maximum Gasteiger partial charge on any atom is 0.270 e. The molecule has 20 heavy (non-hydrogen) atoms. The second kappa shape index (κ2) is 5.31. The van der Waals surface area contributed by atoms with E-state index in [2.05, 4.69) is 64.0 Å². The van der Waals surface area contributed by atoms with Crippen molar-refractivity contribution in [2.75, 3.05) is 0 Å². The SMILES string of the molecule is CCCn1[nH]c(-c2ccc(C)cc2)c(C(C)(C)C)c1=O. The lowest BCUT2D eigenvalue weighted by Gasteiger charge is -2.17. The lowest BCUT2D eigenvalue weighted by molar-refractivity contribution is 0.561. The summed E-state index contributed by atoms with van der Waals surface area (Å²) in [5, 5.41) is 3.30. The van der Waals surface area contributed by atoms with E-state index < -0.39 is 0 Å². The maximum atomic E-state index is 12.6. The van der Waals surface area contributed by atoms with Crippen molar-refractivity contribution in [2.24, 2.45) is 0 Å². The fourth-order valence-electron chi connectivity index (χ4n) is 2.49. The minimum absolute atomic E-state index is 0.106. The minimum Gasteiger partial charge on any atom is -0.295 e. The Morgan fingerprint density at radius 2 is 1.75 bits per heavy atom. The molecule has 0 bridgehead atoms. The number of rotatable bonds is 3. The van der Waals surface area contributed by atoms with Crippen molar-refractivity contribution in [2.45, 2.75) is 53.0 Å². The van der Waals surface area contributed by atoms with Crippen molar-refractivity contribution in [3.8, 4) is 11.3 Å². The number of benzene rings is 1. The van der Waals surface area contributed by atoms with Gasteiger partial charge in [0.1, 0.15) is 0 Å². The molecule has 108 valence electrons. The Kier molecular flexibility index (Phi) is 3.89. The summed E-state index contributed by atoms with van der Waals surface area (Å²) in [6.07, 6.45) is 0.942. The molecular weight excluding hydrogens is 248 g/mol. The Morgan fingerprint density at radius 1 is 1.15 bits per heavy atom. The summed E-state index contributed by atoms with van der Waals surface area (Å²) in [7, 11) is 0. The first-order chi connectivity index (χ1) is 9.34. The van der Waals surface area contributed by atoms with Crippen LogP contribution in [-0.4, -0.2) is 9.78 Å². The number of nitrogens with one attached hydrogen (secondary N) is 1. The third-order valence-electron chi connectivity index (χ3n) is 3.49. The first-order valence-corrected chi connectivity index (χ1v) is 7.25. The van der Waals surface area contributed by atoms with Gasteiger partial charge in [0.05, 0.1) is 5.69 Å². The highest BCUT2D eigenvalue weighted by atomic mass is 16.1. The predicted octanol–water partition coefficient (Wildman–Crippen LogP) is 3.86. The normalized spacial score (nSPS) is 11.8. The van der Waals surface area contributed by atoms with E-state index in [0.717, 1.165) is 29.8 Å². The first-order valence-electron chi connectivity index (χ1n) is 7.25. The molecule has 3 nitrogen and oxygen atoms in total. The Hall–Kier alpha value is -1.77. The molecule has 0 saturated carbocycles. The number of nitrogens with zero attached hydrogens (tertiary/aromatic N) is 1. The van der Waals surface area contributed by atoms with E-state index in [1.54, 1.807) is 4.68 Å². The Bertz CT molecular complexity index is 639. The van der Waals surface area contributed by atoms with Crippen LogP contribution in [0.1, 0.15) is 45.2 Å². The molecule has 0 atom stereocenters. The van der Waals surface area contributed by atoms with Gasteiger partial charge in [0.2, 0.25) is 0 Å². The van der Waals surface area contributed by atoms with Crippen LogP contribution in [0.25, 0.3) is 11.3 Å². The van der Waals surface area contributed by atoms with Crippen LogP contribution in [-0.2, 0) is 12.0 Å². The number of aryl methyl sites for hydroxylation is 2. The number of hydrogen-bond donors (Lipinski definition) is 1. The Balaban J connectivity index is 2.65. The van der Waals surface area contributed by atoms with Gasteiger partial charge in [-0.25, -0.2) is 0 Å². The lowest BCUT2D eigenvalue weighted by Crippen LogP contribution is -2.26. The minimum atomic E-state index is -0.174. The van der Waals surface area contributed by atoms with Crippen molar-refractivity contribution >= 4 is 0 Å². The molecule has 0 aliphatic rings. The van der Waals surface area contributed by atoms with Gasteiger partial charge in [-0.15, -0.1) is 0 Å². The van der Waals surface area contributed by atoms with Crippen LogP contribution in [0, 0.1) is 6.92 Å². The van der Waals surface area contributed by atoms with E-state index in [9.17, 15) is 4.79 Å². The van der Waals surface area contributed by atoms with Crippen molar-refractivity contribution < 1.29 is 0 Å². The molecule has 0 saturated heterocycles. The van der Waals surface area contributed by atoms with Crippen molar-refractivity contribution in [3.05, 3.63) is 45.7 Å². The van der Waals surface area contributed by atoms with Gasteiger partial charge < -0.3 is 0 Å². The van der Waals surface area contributed by atoms with Crippen LogP contribution in [0.3, 0.4) is 0 Å². The average Bonchev–Trinajstić information content (AvgIpc) is 2.68. The van der Waals surface area contributed by atoms with Gasteiger partial charge >= 0.3 is 0 Å². The zero-order chi connectivity index (χ0) is 14.9. The summed E-state index contributed by atoms with van der Waals surface area (Å²) < 4.78 is 1.73. The highest BCUT2D eigenvalue weighted by Gasteiger charge is 2.26. The molecule has 3 heteroatoms. The molecule has 0 aliphatic heterocycles. The van der Waals surface area contributed by atoms with E-state index >= 15 is 0 Å². The molecule has 0 aliphatic carbocycles. The summed E-state index contributed by atoms with van der Waals surface area (Å²) in [5.74, 6) is 0. The molecule has 1 aromatic carbocycles. The quantitative estimate of drug-likeness (QED) is 0.905. The zero-order valence-corrected chi connectivity index (χ0v) is 13.1. The Labute approximate surface area is 120 Å². The summed E-state index contributed by atoms with van der Waals surface area (Å²) in [4.78, 5) is 12.6. The molecule has 2 rings (SSSR count). The smallest absolute Gasteiger partial charge is 0.270 e. The zero-order valence-electron chi connectivity index (χ0n) is 13.1. The summed E-state index contributed by atoms with van der Waals surface area (Å²) in [6.45, 7) is 11.1. The molecule has 1 heterocycles. The van der Waals surface area contributed by atoms with Crippen LogP contribution in [0.15, 0.2) is 29.1 Å². The van der Waals surface area contributed by atoms with Crippen LogP contribution in [0.5, 0.6) is 0 Å². The monoisotopic (exact) mass is 272 g/mol. The number of hydrogen-bond acceptors (Lipinski definition) is 1. The second-order valence-corrected chi connectivity index (χ2v) is 6.43. The molecule has 0 unspecified atom stereocenters. The van der Waals surface area contributed by atoms with E-state index in [-0.39, 0.29) is 11.0 Å². The number of aromatic nitrogens is 2. The highest BCUT2D eigenvalue weighted by Crippen LogP contribution is 2.29. The third-order valence-corrected chi connectivity index (χ3v) is 3.49. The van der Waals surface area contributed by atoms with Crippen molar-refractivity contribution in [3.63, 3.8) is 0 Å². The standard InChI is InChI=1S/C17H24N2O/c1-6-11-19-16(20)14(17(3,4)5)15(18-19)13-9-7-12(2)8-10-13/h7-10,18H,6,11H2,1-5H3. The molecular formula is C17H24N2O. The molecule has 0 amide bonds. The molecule has 0 spiro atoms. The molecule has 2 aromatic rings. The summed E-state index contributed by atoms with van der Waals surface area (Å²) >= 11 is 0. The van der Waals surface area contributed by atoms with Gasteiger partial charge in [-0.1, -0.05) is 57.5 Å². The summed E-state index contributed by atoms with van der Waals surface area (Å²) in [6, 6.07) is 8.31. The van der Waals surface area contributed by atoms with Crippen molar-refractivity contribution in [1.29, 1.82) is 0 Å². The van der Waals surface area contributed by atoms with Gasteiger partial charge in [-0.05, 0) is 24.3 Å². The van der Waals surface area contributed by atoms with E-state index in [1.807, 2.05) is 0 Å². The number of H-pyrrole nitrogens is 1. The van der Waals surface area contributed by atoms with Gasteiger partial charge in [-0.3, -0.25) is 14.6 Å². The maximum absolute atomic E-state index is 12.6. The number of aromatic amines is 1. The van der Waals surface area contributed by atoms with Gasteiger partial charge in [0.15, 0.2) is 0 Å². The van der Waals surface area contributed by atoms with E-state index in [1.165, 1.54) is 5.56 Å². The second-order valence-electron chi connectivity index (χ2n) is 6.43. The molecule has 0 fully saturated rings. The Morgan fingerprint density at radius 3 is 2.25 bits per heavy atom. The average molecular weight is 272 g/mol. The highest BCUT2D eigenvalue weighted by molar-refractivity contribution is 5.64. The first kappa shape index (κ1) is 14.6. The third kappa shape index (κ3) is 2.72. The van der Waals surface area contributed by atoms with Gasteiger partial charge in [0, 0.05) is 12.1 Å². The fourth-order valence-corrected chi connectivity index (χ4v) is 2.49. The molecule has 1 N–H and O–H groups in total. The van der Waals surface area contributed by atoms with Gasteiger partial charge in [-0.2, -0.15) is 0 Å². The largest absolute Gasteiger partial charge is 0.295 e.